The maximum absolute atomic E-state index is 11.1. The van der Waals surface area contributed by atoms with Crippen molar-refractivity contribution in [3.63, 3.8) is 0 Å². The Kier molecular flexibility index (Phi) is 4.79. The first-order chi connectivity index (χ1) is 11.9. The quantitative estimate of drug-likeness (QED) is 0.273. The predicted octanol–water partition coefficient (Wildman–Crippen LogP) is 3.09. The molecule has 7 nitrogen and oxygen atoms in total. The summed E-state index contributed by atoms with van der Waals surface area (Å²) in [6.45, 7) is 0. The average Bonchev–Trinajstić information content (AvgIpc) is 3.03. The lowest BCUT2D eigenvalue weighted by atomic mass is 10.2. The van der Waals surface area contributed by atoms with E-state index in [9.17, 15) is 8.42 Å². The highest BCUT2D eigenvalue weighted by molar-refractivity contribution is 7.86. The first-order valence-corrected chi connectivity index (χ1v) is 9.42. The van der Waals surface area contributed by atoms with Crippen LogP contribution < -0.4 is 11.2 Å². The third-order valence-electron chi connectivity index (χ3n) is 3.26. The lowest BCUT2D eigenvalue weighted by Gasteiger charge is -2.02. The van der Waals surface area contributed by atoms with E-state index in [0.29, 0.717) is 10.7 Å². The molecule has 3 rings (SSSR count). The topological polar surface area (TPSA) is 118 Å². The number of benzene rings is 2. The van der Waals surface area contributed by atoms with Crippen molar-refractivity contribution in [2.75, 3.05) is 11.2 Å². The zero-order chi connectivity index (χ0) is 17.9. The fourth-order valence-electron chi connectivity index (χ4n) is 2.11. The summed E-state index contributed by atoms with van der Waals surface area (Å²) in [6.07, 6.45) is 1.48. The molecule has 128 valence electrons. The number of thiazole rings is 1. The molecule has 3 aromatic rings. The lowest BCUT2D eigenvalue weighted by Crippen LogP contribution is -2.03. The van der Waals surface area contributed by atoms with Gasteiger partial charge in [-0.15, -0.1) is 11.3 Å². The predicted molar refractivity (Wildman–Crippen MR) is 99.4 cm³/mol. The molecular weight excluding hydrogens is 360 g/mol. The Labute approximate surface area is 148 Å². The second kappa shape index (κ2) is 7.01. The highest BCUT2D eigenvalue weighted by Crippen LogP contribution is 2.24. The Morgan fingerprint density at radius 1 is 1.20 bits per heavy atom. The number of nitrogen functional groups attached to an aromatic ring is 1. The molecule has 2 aromatic carbocycles. The Morgan fingerprint density at radius 3 is 2.64 bits per heavy atom. The summed E-state index contributed by atoms with van der Waals surface area (Å²) in [6, 6.07) is 13.9. The molecule has 0 fully saturated rings. The van der Waals surface area contributed by atoms with Gasteiger partial charge in [-0.05, 0) is 17.7 Å². The van der Waals surface area contributed by atoms with Crippen LogP contribution in [0.15, 0.2) is 63.9 Å². The van der Waals surface area contributed by atoms with Crippen molar-refractivity contribution in [1.82, 2.24) is 4.98 Å². The summed E-state index contributed by atoms with van der Waals surface area (Å²) >= 11 is 1.42. The van der Waals surface area contributed by atoms with Crippen molar-refractivity contribution in [2.45, 2.75) is 4.90 Å². The molecule has 0 spiro atoms. The number of nitrogens with zero attached hydrogens (tertiary/aromatic N) is 2. The van der Waals surface area contributed by atoms with Crippen LogP contribution in [0.4, 0.5) is 10.8 Å². The van der Waals surface area contributed by atoms with Gasteiger partial charge in [-0.25, -0.2) is 4.98 Å². The molecule has 1 heterocycles. The van der Waals surface area contributed by atoms with Crippen LogP contribution in [0, 0.1) is 0 Å². The molecule has 0 saturated carbocycles. The van der Waals surface area contributed by atoms with Crippen LogP contribution in [0.1, 0.15) is 5.56 Å². The molecular formula is C16H14N4O3S2. The Balaban J connectivity index is 1.70. The van der Waals surface area contributed by atoms with Crippen molar-refractivity contribution in [2.24, 2.45) is 5.10 Å². The fraction of sp³-hybridized carbons (Fsp3) is 0. The lowest BCUT2D eigenvalue weighted by molar-refractivity contribution is 0.483. The fourth-order valence-corrected chi connectivity index (χ4v) is 3.38. The van der Waals surface area contributed by atoms with E-state index >= 15 is 0 Å². The van der Waals surface area contributed by atoms with Gasteiger partial charge in [0.25, 0.3) is 10.1 Å². The molecule has 25 heavy (non-hydrogen) atoms. The summed E-state index contributed by atoms with van der Waals surface area (Å²) in [5, 5.41) is 6.60. The minimum Gasteiger partial charge on any atom is -0.398 e. The molecule has 1 aromatic heterocycles. The van der Waals surface area contributed by atoms with Gasteiger partial charge in [0.05, 0.1) is 17.6 Å². The Morgan fingerprint density at radius 2 is 1.96 bits per heavy atom. The van der Waals surface area contributed by atoms with Gasteiger partial charge in [-0.2, -0.15) is 13.5 Å². The van der Waals surface area contributed by atoms with E-state index < -0.39 is 10.1 Å². The van der Waals surface area contributed by atoms with Crippen LogP contribution in [0.3, 0.4) is 0 Å². The maximum atomic E-state index is 11.1. The van der Waals surface area contributed by atoms with E-state index in [-0.39, 0.29) is 10.6 Å². The zero-order valence-corrected chi connectivity index (χ0v) is 14.5. The zero-order valence-electron chi connectivity index (χ0n) is 12.8. The van der Waals surface area contributed by atoms with Crippen LogP contribution in [-0.2, 0) is 10.1 Å². The van der Waals surface area contributed by atoms with Gasteiger partial charge in [-0.3, -0.25) is 9.98 Å². The maximum Gasteiger partial charge on any atom is 0.296 e. The molecule has 0 aliphatic heterocycles. The summed E-state index contributed by atoms with van der Waals surface area (Å²) in [7, 11) is -4.33. The average molecular weight is 374 g/mol. The van der Waals surface area contributed by atoms with Crippen LogP contribution in [0.5, 0.6) is 0 Å². The van der Waals surface area contributed by atoms with Crippen molar-refractivity contribution in [1.29, 1.82) is 0 Å². The second-order valence-corrected chi connectivity index (χ2v) is 7.29. The summed E-state index contributed by atoms with van der Waals surface area (Å²) in [4.78, 5) is 4.10. The van der Waals surface area contributed by atoms with Gasteiger partial charge in [0.15, 0.2) is 0 Å². The third-order valence-corrected chi connectivity index (χ3v) is 4.93. The van der Waals surface area contributed by atoms with Crippen LogP contribution in [0.2, 0.25) is 0 Å². The van der Waals surface area contributed by atoms with Gasteiger partial charge in [-0.1, -0.05) is 36.4 Å². The summed E-state index contributed by atoms with van der Waals surface area (Å²) < 4.78 is 31.2. The number of anilines is 2. The van der Waals surface area contributed by atoms with Gasteiger partial charge in [0.1, 0.15) is 4.90 Å². The highest BCUT2D eigenvalue weighted by atomic mass is 32.2. The molecule has 0 aliphatic carbocycles. The van der Waals surface area contributed by atoms with Crippen LogP contribution in [-0.4, -0.2) is 24.2 Å². The summed E-state index contributed by atoms with van der Waals surface area (Å²) in [5.74, 6) is 0. The first kappa shape index (κ1) is 17.1. The van der Waals surface area contributed by atoms with E-state index in [1.807, 2.05) is 35.7 Å². The highest BCUT2D eigenvalue weighted by Gasteiger charge is 2.13. The van der Waals surface area contributed by atoms with Crippen molar-refractivity contribution < 1.29 is 13.0 Å². The van der Waals surface area contributed by atoms with Gasteiger partial charge in [0, 0.05) is 10.9 Å². The number of nitrogens with one attached hydrogen (secondary N) is 1. The van der Waals surface area contributed by atoms with Crippen LogP contribution >= 0.6 is 11.3 Å². The number of hydrogen-bond acceptors (Lipinski definition) is 7. The number of hydrogen-bond donors (Lipinski definition) is 3. The van der Waals surface area contributed by atoms with Gasteiger partial charge >= 0.3 is 0 Å². The molecule has 0 aliphatic rings. The number of hydrazone groups is 1. The number of rotatable bonds is 5. The van der Waals surface area contributed by atoms with Gasteiger partial charge in [0.2, 0.25) is 5.13 Å². The Hall–Kier alpha value is -2.75. The van der Waals surface area contributed by atoms with Gasteiger partial charge < -0.3 is 5.73 Å². The molecule has 0 unspecified atom stereocenters. The monoisotopic (exact) mass is 374 g/mol. The Bertz CT molecular complexity index is 1010. The SMILES string of the molecule is Nc1cc(C=NNc2nc(-c3ccccc3)cs2)ccc1S(=O)(=O)O. The van der Waals surface area contributed by atoms with E-state index in [0.717, 1.165) is 11.3 Å². The molecule has 4 N–H and O–H groups in total. The van der Waals surface area contributed by atoms with Crippen molar-refractivity contribution in [3.05, 3.63) is 59.5 Å². The standard InChI is InChI=1S/C16H14N4O3S2/c17-13-8-11(6-7-15(13)25(21,22)23)9-18-20-16-19-14(10-24-16)12-4-2-1-3-5-12/h1-10H,17H2,(H,19,20)(H,21,22,23). The smallest absolute Gasteiger partial charge is 0.296 e. The molecule has 0 saturated heterocycles. The van der Waals surface area contributed by atoms with E-state index in [4.69, 9.17) is 10.3 Å². The molecule has 9 heteroatoms. The third kappa shape index (κ3) is 4.21. The summed E-state index contributed by atoms with van der Waals surface area (Å²) in [5.41, 5.74) is 10.8. The van der Waals surface area contributed by atoms with E-state index in [2.05, 4.69) is 15.5 Å². The molecule has 0 bridgehead atoms. The second-order valence-electron chi connectivity index (χ2n) is 5.05. The molecule has 0 amide bonds. The normalized spacial score (nSPS) is 11.7. The number of nitrogens with two attached hydrogens (primary N) is 1. The molecule has 0 atom stereocenters. The molecule has 0 radical (unpaired) electrons. The van der Waals surface area contributed by atoms with Crippen molar-refractivity contribution >= 4 is 38.5 Å². The minimum absolute atomic E-state index is 0.0490. The first-order valence-electron chi connectivity index (χ1n) is 7.10. The number of aromatic nitrogens is 1. The van der Waals surface area contributed by atoms with Crippen LogP contribution in [0.25, 0.3) is 11.3 Å². The van der Waals surface area contributed by atoms with E-state index in [1.54, 1.807) is 0 Å². The minimum atomic E-state index is -4.33. The van der Waals surface area contributed by atoms with E-state index in [1.165, 1.54) is 35.8 Å². The van der Waals surface area contributed by atoms with Crippen molar-refractivity contribution in [3.8, 4) is 11.3 Å². The largest absolute Gasteiger partial charge is 0.398 e.